The van der Waals surface area contributed by atoms with Gasteiger partial charge in [-0.1, -0.05) is 0 Å². The fourth-order valence-electron chi connectivity index (χ4n) is 1.38. The summed E-state index contributed by atoms with van der Waals surface area (Å²) in [6, 6.07) is 0. The van der Waals surface area contributed by atoms with Crippen LogP contribution in [0.5, 0.6) is 0 Å². The first kappa shape index (κ1) is 19.7. The van der Waals surface area contributed by atoms with E-state index in [1.807, 2.05) is 0 Å². The van der Waals surface area contributed by atoms with E-state index in [-0.39, 0.29) is 0 Å². The number of carbonyl (C=O) groups excluding carboxylic acids is 2. The second-order valence-corrected chi connectivity index (χ2v) is 4.51. The summed E-state index contributed by atoms with van der Waals surface area (Å²) in [4.78, 5) is 22.9. The lowest BCUT2D eigenvalue weighted by molar-refractivity contribution is -0.166. The topological polar surface area (TPSA) is 149 Å². The van der Waals surface area contributed by atoms with Crippen molar-refractivity contribution >= 4 is 11.9 Å². The van der Waals surface area contributed by atoms with Crippen molar-refractivity contribution in [1.29, 1.82) is 0 Å². The monoisotopic (exact) mass is 306 g/mol. The molecule has 3 unspecified atom stereocenters. The molecular formula is C12H26N4O5. The van der Waals surface area contributed by atoms with Gasteiger partial charge in [0.15, 0.2) is 18.6 Å². The third kappa shape index (κ3) is 10.2. The normalized spacial score (nSPS) is 15.1. The van der Waals surface area contributed by atoms with Gasteiger partial charge in [-0.25, -0.2) is 4.79 Å². The zero-order chi connectivity index (χ0) is 16.3. The second kappa shape index (κ2) is 11.4. The molecule has 0 bridgehead atoms. The summed E-state index contributed by atoms with van der Waals surface area (Å²) in [6.07, 6.45) is -2.94. The molecule has 0 spiro atoms. The fourth-order valence-corrected chi connectivity index (χ4v) is 1.38. The first-order chi connectivity index (χ1) is 9.90. The zero-order valence-electron chi connectivity index (χ0n) is 12.5. The molecule has 0 amide bonds. The van der Waals surface area contributed by atoms with Gasteiger partial charge in [-0.3, -0.25) is 16.3 Å². The molecule has 0 saturated heterocycles. The van der Waals surface area contributed by atoms with Gasteiger partial charge in [0.2, 0.25) is 0 Å². The number of hydrogen-bond donors (Lipinski definition) is 5. The van der Waals surface area contributed by atoms with Crippen molar-refractivity contribution in [2.45, 2.75) is 37.8 Å². The van der Waals surface area contributed by atoms with E-state index in [2.05, 4.69) is 10.6 Å². The Morgan fingerprint density at radius 2 is 1.52 bits per heavy atom. The molecule has 0 heterocycles. The quantitative estimate of drug-likeness (QED) is 0.208. The number of rotatable bonds is 11. The molecule has 0 aromatic carbocycles. The van der Waals surface area contributed by atoms with Crippen LogP contribution in [-0.4, -0.2) is 62.8 Å². The number of nitrogens with two attached hydrogens (primary N) is 2. The van der Waals surface area contributed by atoms with Gasteiger partial charge in [-0.05, 0) is 27.2 Å². The predicted octanol–water partition coefficient (Wildman–Crippen LogP) is -2.39. The molecular weight excluding hydrogens is 280 g/mol. The highest BCUT2D eigenvalue weighted by molar-refractivity contribution is 5.81. The average molecular weight is 306 g/mol. The van der Waals surface area contributed by atoms with Gasteiger partial charge in [-0.15, -0.1) is 0 Å². The Bertz CT molecular complexity index is 316. The van der Waals surface area contributed by atoms with Crippen molar-refractivity contribution in [2.24, 2.45) is 11.5 Å². The van der Waals surface area contributed by atoms with Crippen molar-refractivity contribution in [1.82, 2.24) is 10.6 Å². The molecule has 0 aromatic heterocycles. The van der Waals surface area contributed by atoms with E-state index in [4.69, 9.17) is 20.9 Å². The van der Waals surface area contributed by atoms with Crippen LogP contribution in [0.4, 0.5) is 0 Å². The van der Waals surface area contributed by atoms with E-state index in [0.717, 1.165) is 0 Å². The minimum atomic E-state index is -1.62. The Balaban J connectivity index is 4.01. The summed E-state index contributed by atoms with van der Waals surface area (Å²) >= 11 is 0. The van der Waals surface area contributed by atoms with Gasteiger partial charge in [0, 0.05) is 12.8 Å². The van der Waals surface area contributed by atoms with E-state index in [9.17, 15) is 14.7 Å². The smallest absolute Gasteiger partial charge is 0.337 e. The van der Waals surface area contributed by atoms with Crippen LogP contribution in [0.15, 0.2) is 0 Å². The van der Waals surface area contributed by atoms with Crippen molar-refractivity contribution in [3.05, 3.63) is 0 Å². The van der Waals surface area contributed by atoms with E-state index >= 15 is 0 Å². The highest BCUT2D eigenvalue weighted by Gasteiger charge is 2.24. The Kier molecular flexibility index (Phi) is 10.7. The molecule has 0 aliphatic rings. The predicted molar refractivity (Wildman–Crippen MR) is 75.8 cm³/mol. The van der Waals surface area contributed by atoms with Crippen LogP contribution in [0.3, 0.4) is 0 Å². The Labute approximate surface area is 124 Å². The largest absolute Gasteiger partial charge is 0.447 e. The average Bonchev–Trinajstić information content (AvgIpc) is 2.42. The minimum Gasteiger partial charge on any atom is -0.447 e. The second-order valence-electron chi connectivity index (χ2n) is 4.51. The fraction of sp³-hybridized carbons (Fsp3) is 0.833. The van der Waals surface area contributed by atoms with Crippen LogP contribution < -0.4 is 22.1 Å². The van der Waals surface area contributed by atoms with Crippen LogP contribution in [-0.2, 0) is 19.1 Å². The van der Waals surface area contributed by atoms with Gasteiger partial charge in [0.1, 0.15) is 0 Å². The lowest BCUT2D eigenvalue weighted by atomic mass is 10.2. The number of hydrogen-bond acceptors (Lipinski definition) is 9. The van der Waals surface area contributed by atoms with Crippen LogP contribution in [0.1, 0.15) is 19.3 Å². The Morgan fingerprint density at radius 3 is 2.00 bits per heavy atom. The van der Waals surface area contributed by atoms with Gasteiger partial charge in [0.25, 0.3) is 0 Å². The maximum Gasteiger partial charge on any atom is 0.337 e. The molecule has 124 valence electrons. The summed E-state index contributed by atoms with van der Waals surface area (Å²) in [7, 11) is 3.47. The number of carbonyl (C=O) groups is 2. The molecule has 9 nitrogen and oxygen atoms in total. The van der Waals surface area contributed by atoms with Crippen LogP contribution in [0.25, 0.3) is 0 Å². The third-order valence-corrected chi connectivity index (χ3v) is 2.54. The van der Waals surface area contributed by atoms with Crippen molar-refractivity contribution in [3.8, 4) is 0 Å². The molecule has 0 aliphatic heterocycles. The Morgan fingerprint density at radius 1 is 1.05 bits per heavy atom. The SMILES string of the molecule is CNCCC(N)OC(=O)CC(O)C(=O)OC(N)CCNC. The summed E-state index contributed by atoms with van der Waals surface area (Å²) in [5.41, 5.74) is 11.1. The molecule has 9 heteroatoms. The number of nitrogens with one attached hydrogen (secondary N) is 2. The van der Waals surface area contributed by atoms with Crippen LogP contribution >= 0.6 is 0 Å². The summed E-state index contributed by atoms with van der Waals surface area (Å²) in [5, 5.41) is 15.3. The molecule has 21 heavy (non-hydrogen) atoms. The van der Waals surface area contributed by atoms with Gasteiger partial charge in [-0.2, -0.15) is 0 Å². The van der Waals surface area contributed by atoms with Gasteiger partial charge in [0.05, 0.1) is 6.42 Å². The summed E-state index contributed by atoms with van der Waals surface area (Å²) in [5.74, 6) is -1.73. The van der Waals surface area contributed by atoms with Crippen LogP contribution in [0.2, 0.25) is 0 Å². The number of ether oxygens (including phenoxy) is 2. The first-order valence-electron chi connectivity index (χ1n) is 6.79. The van der Waals surface area contributed by atoms with Crippen molar-refractivity contribution in [2.75, 3.05) is 27.2 Å². The molecule has 0 saturated carbocycles. The standard InChI is InChI=1S/C12H26N4O5/c1-15-5-3-9(13)20-11(18)7-8(17)12(19)21-10(14)4-6-16-2/h8-10,15-17H,3-7,13-14H2,1-2H3. The third-order valence-electron chi connectivity index (χ3n) is 2.54. The lowest BCUT2D eigenvalue weighted by Crippen LogP contribution is -2.37. The first-order valence-corrected chi connectivity index (χ1v) is 6.79. The van der Waals surface area contributed by atoms with Crippen molar-refractivity contribution < 1.29 is 24.2 Å². The van der Waals surface area contributed by atoms with E-state index < -0.39 is 36.9 Å². The molecule has 0 fully saturated rings. The maximum absolute atomic E-state index is 11.5. The minimum absolute atomic E-state index is 0.397. The molecule has 0 aliphatic carbocycles. The molecule has 0 rings (SSSR count). The lowest BCUT2D eigenvalue weighted by Gasteiger charge is -2.17. The highest BCUT2D eigenvalue weighted by atomic mass is 16.6. The Hall–Kier alpha value is -1.26. The number of esters is 2. The van der Waals surface area contributed by atoms with E-state index in [1.165, 1.54) is 0 Å². The highest BCUT2D eigenvalue weighted by Crippen LogP contribution is 2.02. The van der Waals surface area contributed by atoms with Gasteiger partial charge < -0.3 is 25.2 Å². The summed E-state index contributed by atoms with van der Waals surface area (Å²) < 4.78 is 9.62. The zero-order valence-corrected chi connectivity index (χ0v) is 12.5. The molecule has 0 radical (unpaired) electrons. The van der Waals surface area contributed by atoms with Crippen LogP contribution in [0, 0.1) is 0 Å². The van der Waals surface area contributed by atoms with Crippen molar-refractivity contribution in [3.63, 3.8) is 0 Å². The number of aliphatic hydroxyl groups excluding tert-OH is 1. The molecule has 3 atom stereocenters. The van der Waals surface area contributed by atoms with Gasteiger partial charge >= 0.3 is 11.9 Å². The molecule has 7 N–H and O–H groups in total. The molecule has 0 aromatic rings. The summed E-state index contributed by atoms with van der Waals surface area (Å²) in [6.45, 7) is 1.15. The van der Waals surface area contributed by atoms with E-state index in [1.54, 1.807) is 14.1 Å². The van der Waals surface area contributed by atoms with E-state index in [0.29, 0.717) is 25.9 Å². The maximum atomic E-state index is 11.5. The number of aliphatic hydroxyl groups is 1.